The summed E-state index contributed by atoms with van der Waals surface area (Å²) in [6.45, 7) is 4.88. The highest BCUT2D eigenvalue weighted by atomic mass is 32.2. The molecule has 1 heterocycles. The van der Waals surface area contributed by atoms with Gasteiger partial charge in [0.05, 0.1) is 10.5 Å². The van der Waals surface area contributed by atoms with Crippen molar-refractivity contribution in [3.63, 3.8) is 0 Å². The van der Waals surface area contributed by atoms with Gasteiger partial charge in [0.25, 0.3) is 5.91 Å². The molecule has 1 aliphatic rings. The largest absolute Gasteiger partial charge is 0.452 e. The lowest BCUT2D eigenvalue weighted by Crippen LogP contribution is -2.40. The second-order valence-corrected chi connectivity index (χ2v) is 8.40. The number of nitrogens with zero attached hydrogens (tertiary/aromatic N) is 1. The number of piperidine rings is 1. The highest BCUT2D eigenvalue weighted by Gasteiger charge is 2.22. The van der Waals surface area contributed by atoms with Crippen molar-refractivity contribution in [1.29, 1.82) is 0 Å². The van der Waals surface area contributed by atoms with Gasteiger partial charge in [-0.25, -0.2) is 13.2 Å². The number of hydrogen-bond acceptors (Lipinski definition) is 5. The molecular formula is C17H23NO5S. The standard InChI is InChI=1S/C17H23NO5S/c1-12-6-8-18(9-7-12)16(19)11-23-17(20)15-10-14(24(3,21)22)5-4-13(15)2/h4-5,10,12H,6-9,11H2,1-3H3. The first-order valence-electron chi connectivity index (χ1n) is 7.94. The maximum Gasteiger partial charge on any atom is 0.338 e. The Morgan fingerprint density at radius 2 is 1.88 bits per heavy atom. The molecule has 0 saturated carbocycles. The highest BCUT2D eigenvalue weighted by Crippen LogP contribution is 2.18. The van der Waals surface area contributed by atoms with E-state index in [1.54, 1.807) is 17.9 Å². The van der Waals surface area contributed by atoms with Gasteiger partial charge in [-0.1, -0.05) is 13.0 Å². The topological polar surface area (TPSA) is 80.7 Å². The van der Waals surface area contributed by atoms with Crippen molar-refractivity contribution in [3.05, 3.63) is 29.3 Å². The van der Waals surface area contributed by atoms with E-state index in [0.717, 1.165) is 19.1 Å². The Morgan fingerprint density at radius 1 is 1.25 bits per heavy atom. The molecule has 2 rings (SSSR count). The summed E-state index contributed by atoms with van der Waals surface area (Å²) in [5, 5.41) is 0. The Morgan fingerprint density at radius 3 is 2.46 bits per heavy atom. The van der Waals surface area contributed by atoms with E-state index in [4.69, 9.17) is 4.74 Å². The second-order valence-electron chi connectivity index (χ2n) is 6.39. The van der Waals surface area contributed by atoms with Crippen LogP contribution in [0.15, 0.2) is 23.1 Å². The van der Waals surface area contributed by atoms with Crippen LogP contribution in [0.3, 0.4) is 0 Å². The van der Waals surface area contributed by atoms with Crippen LogP contribution >= 0.6 is 0 Å². The maximum atomic E-state index is 12.2. The number of carbonyl (C=O) groups is 2. The number of benzene rings is 1. The third-order valence-corrected chi connectivity index (χ3v) is 5.43. The van der Waals surface area contributed by atoms with Crippen molar-refractivity contribution < 1.29 is 22.7 Å². The summed E-state index contributed by atoms with van der Waals surface area (Å²) < 4.78 is 28.3. The van der Waals surface area contributed by atoms with Crippen LogP contribution in [0.25, 0.3) is 0 Å². The fourth-order valence-electron chi connectivity index (χ4n) is 2.61. The SMILES string of the molecule is Cc1ccc(S(C)(=O)=O)cc1C(=O)OCC(=O)N1CCC(C)CC1. The Balaban J connectivity index is 2.01. The number of esters is 1. The van der Waals surface area contributed by atoms with E-state index >= 15 is 0 Å². The van der Waals surface area contributed by atoms with Crippen LogP contribution in [0.5, 0.6) is 0 Å². The van der Waals surface area contributed by atoms with Crippen LogP contribution in [-0.4, -0.2) is 51.1 Å². The van der Waals surface area contributed by atoms with Crippen LogP contribution in [-0.2, 0) is 19.4 Å². The maximum absolute atomic E-state index is 12.2. The molecule has 0 bridgehead atoms. The monoisotopic (exact) mass is 353 g/mol. The molecule has 0 aromatic heterocycles. The molecule has 0 radical (unpaired) electrons. The van der Waals surface area contributed by atoms with Crippen LogP contribution in [0.4, 0.5) is 0 Å². The fourth-order valence-corrected chi connectivity index (χ4v) is 3.25. The first-order valence-corrected chi connectivity index (χ1v) is 9.83. The fraction of sp³-hybridized carbons (Fsp3) is 0.529. The van der Waals surface area contributed by atoms with Crippen molar-refractivity contribution in [2.24, 2.45) is 5.92 Å². The molecule has 0 atom stereocenters. The van der Waals surface area contributed by atoms with E-state index in [1.807, 2.05) is 0 Å². The molecule has 0 aliphatic carbocycles. The predicted molar refractivity (Wildman–Crippen MR) is 89.5 cm³/mol. The molecule has 1 saturated heterocycles. The summed E-state index contributed by atoms with van der Waals surface area (Å²) >= 11 is 0. The normalized spacial score (nSPS) is 16.0. The molecule has 0 spiro atoms. The smallest absolute Gasteiger partial charge is 0.338 e. The Hall–Kier alpha value is -1.89. The minimum Gasteiger partial charge on any atom is -0.452 e. The quantitative estimate of drug-likeness (QED) is 0.771. The van der Waals surface area contributed by atoms with Gasteiger partial charge in [0.15, 0.2) is 16.4 Å². The molecule has 1 amide bonds. The van der Waals surface area contributed by atoms with Crippen molar-refractivity contribution in [1.82, 2.24) is 4.90 Å². The molecule has 132 valence electrons. The van der Waals surface area contributed by atoms with Gasteiger partial charge < -0.3 is 9.64 Å². The van der Waals surface area contributed by atoms with Crippen LogP contribution in [0, 0.1) is 12.8 Å². The second kappa shape index (κ2) is 7.34. The summed E-state index contributed by atoms with van der Waals surface area (Å²) in [5.74, 6) is -0.290. The number of carbonyl (C=O) groups excluding carboxylic acids is 2. The van der Waals surface area contributed by atoms with Crippen LogP contribution in [0.2, 0.25) is 0 Å². The van der Waals surface area contributed by atoms with Gasteiger partial charge in [0.1, 0.15) is 0 Å². The number of rotatable bonds is 4. The Bertz CT molecular complexity index is 733. The summed E-state index contributed by atoms with van der Waals surface area (Å²) in [6.07, 6.45) is 2.98. The van der Waals surface area contributed by atoms with Gasteiger partial charge in [0.2, 0.25) is 0 Å². The third kappa shape index (κ3) is 4.56. The molecule has 7 heteroatoms. The van der Waals surface area contributed by atoms with Crippen molar-refractivity contribution in [3.8, 4) is 0 Å². The van der Waals surface area contributed by atoms with Gasteiger partial charge in [-0.05, 0) is 43.4 Å². The summed E-state index contributed by atoms with van der Waals surface area (Å²) in [5.41, 5.74) is 0.768. The number of sulfone groups is 1. The first kappa shape index (κ1) is 18.4. The lowest BCUT2D eigenvalue weighted by atomic mass is 9.99. The molecule has 1 aromatic carbocycles. The molecule has 1 aliphatic heterocycles. The zero-order valence-corrected chi connectivity index (χ0v) is 15.1. The van der Waals surface area contributed by atoms with Gasteiger partial charge in [-0.3, -0.25) is 4.79 Å². The molecule has 0 unspecified atom stereocenters. The minimum atomic E-state index is -3.41. The molecule has 0 N–H and O–H groups in total. The highest BCUT2D eigenvalue weighted by molar-refractivity contribution is 7.90. The van der Waals surface area contributed by atoms with Crippen LogP contribution in [0.1, 0.15) is 35.7 Å². The zero-order valence-electron chi connectivity index (χ0n) is 14.2. The summed E-state index contributed by atoms with van der Waals surface area (Å²) in [4.78, 5) is 26.1. The zero-order chi connectivity index (χ0) is 17.9. The number of aryl methyl sites for hydroxylation is 1. The number of hydrogen-bond donors (Lipinski definition) is 0. The van der Waals surface area contributed by atoms with Crippen molar-refractivity contribution >= 4 is 21.7 Å². The van der Waals surface area contributed by atoms with Gasteiger partial charge in [-0.2, -0.15) is 0 Å². The average molecular weight is 353 g/mol. The molecule has 1 fully saturated rings. The first-order chi connectivity index (χ1) is 11.2. The number of ether oxygens (including phenoxy) is 1. The third-order valence-electron chi connectivity index (χ3n) is 4.32. The van der Waals surface area contributed by atoms with Gasteiger partial charge in [-0.15, -0.1) is 0 Å². The lowest BCUT2D eigenvalue weighted by Gasteiger charge is -2.30. The number of likely N-dealkylation sites (tertiary alicyclic amines) is 1. The van der Waals surface area contributed by atoms with E-state index < -0.39 is 15.8 Å². The van der Waals surface area contributed by atoms with E-state index in [0.29, 0.717) is 24.6 Å². The lowest BCUT2D eigenvalue weighted by molar-refractivity contribution is -0.135. The summed E-state index contributed by atoms with van der Waals surface area (Å²) in [6, 6.07) is 4.29. The van der Waals surface area contributed by atoms with Crippen LogP contribution < -0.4 is 0 Å². The predicted octanol–water partition coefficient (Wildman–Crippen LogP) is 1.81. The van der Waals surface area contributed by atoms with Gasteiger partial charge in [0, 0.05) is 19.3 Å². The number of amides is 1. The molecular weight excluding hydrogens is 330 g/mol. The Kier molecular flexibility index (Phi) is 5.64. The summed E-state index contributed by atoms with van der Waals surface area (Å²) in [7, 11) is -3.41. The van der Waals surface area contributed by atoms with Crippen molar-refractivity contribution in [2.75, 3.05) is 26.0 Å². The Labute approximate surface area is 142 Å². The molecule has 24 heavy (non-hydrogen) atoms. The molecule has 1 aromatic rings. The minimum absolute atomic E-state index is 0.0522. The van der Waals surface area contributed by atoms with Gasteiger partial charge >= 0.3 is 5.97 Å². The van der Waals surface area contributed by atoms with E-state index in [9.17, 15) is 18.0 Å². The van der Waals surface area contributed by atoms with Crippen molar-refractivity contribution in [2.45, 2.75) is 31.6 Å². The average Bonchev–Trinajstić information content (AvgIpc) is 2.52. The van der Waals surface area contributed by atoms with E-state index in [2.05, 4.69) is 6.92 Å². The van der Waals surface area contributed by atoms with E-state index in [-0.39, 0.29) is 23.0 Å². The molecule has 6 nitrogen and oxygen atoms in total. The van der Waals surface area contributed by atoms with E-state index in [1.165, 1.54) is 12.1 Å².